The summed E-state index contributed by atoms with van der Waals surface area (Å²) in [6, 6.07) is 14.0. The Morgan fingerprint density at radius 2 is 1.80 bits per heavy atom. The Bertz CT molecular complexity index is 483. The number of hydrogen-bond donors (Lipinski definition) is 1. The highest BCUT2D eigenvalue weighted by Gasteiger charge is 2.02. The van der Waals surface area contributed by atoms with Crippen LogP contribution in [-0.2, 0) is 11.2 Å². The van der Waals surface area contributed by atoms with Crippen molar-refractivity contribution in [2.75, 3.05) is 0 Å². The van der Waals surface area contributed by atoms with Crippen LogP contribution in [0.4, 0.5) is 0 Å². The van der Waals surface area contributed by atoms with Crippen LogP contribution < -0.4 is 0 Å². The first-order chi connectivity index (χ1) is 7.27. The number of rotatable bonds is 3. The minimum absolute atomic E-state index is 0.188. The highest BCUT2D eigenvalue weighted by atomic mass is 16.4. The third-order valence-electron chi connectivity index (χ3n) is 2.49. The smallest absolute Gasteiger partial charge is 0.303 e. The van der Waals surface area contributed by atoms with E-state index in [4.69, 9.17) is 5.11 Å². The van der Waals surface area contributed by atoms with Crippen molar-refractivity contribution >= 4 is 16.7 Å². The summed E-state index contributed by atoms with van der Waals surface area (Å²) >= 11 is 0. The number of aryl methyl sites for hydroxylation is 1. The Balaban J connectivity index is 2.38. The Morgan fingerprint density at radius 3 is 2.60 bits per heavy atom. The number of aliphatic carboxylic acids is 1. The summed E-state index contributed by atoms with van der Waals surface area (Å²) in [6.45, 7) is 0. The molecule has 2 heteroatoms. The second-order valence-electron chi connectivity index (χ2n) is 3.53. The summed E-state index contributed by atoms with van der Waals surface area (Å²) < 4.78 is 0. The highest BCUT2D eigenvalue weighted by Crippen LogP contribution is 2.19. The molecule has 0 aliphatic rings. The average Bonchev–Trinajstić information content (AvgIpc) is 2.26. The second-order valence-corrected chi connectivity index (χ2v) is 3.53. The van der Waals surface area contributed by atoms with Crippen LogP contribution in [0.25, 0.3) is 10.8 Å². The quantitative estimate of drug-likeness (QED) is 0.827. The molecule has 0 saturated heterocycles. The van der Waals surface area contributed by atoms with Gasteiger partial charge in [0, 0.05) is 6.42 Å². The van der Waals surface area contributed by atoms with E-state index in [1.165, 1.54) is 5.39 Å². The highest BCUT2D eigenvalue weighted by molar-refractivity contribution is 5.86. The van der Waals surface area contributed by atoms with Crippen LogP contribution in [0.3, 0.4) is 0 Å². The summed E-state index contributed by atoms with van der Waals surface area (Å²) in [7, 11) is 0. The summed E-state index contributed by atoms with van der Waals surface area (Å²) in [6.07, 6.45) is 0.782. The van der Waals surface area contributed by atoms with Crippen molar-refractivity contribution in [2.24, 2.45) is 0 Å². The molecule has 0 aliphatic carbocycles. The van der Waals surface area contributed by atoms with Crippen molar-refractivity contribution < 1.29 is 9.90 Å². The van der Waals surface area contributed by atoms with E-state index in [-0.39, 0.29) is 6.42 Å². The zero-order chi connectivity index (χ0) is 10.7. The molecule has 0 fully saturated rings. The van der Waals surface area contributed by atoms with Gasteiger partial charge in [-0.1, -0.05) is 42.5 Å². The standard InChI is InChI=1S/C13H12O2/c14-13(15)9-8-11-6-3-5-10-4-1-2-7-12(10)11/h1-7H,8-9H2,(H,14,15). The summed E-state index contributed by atoms with van der Waals surface area (Å²) in [5.41, 5.74) is 1.11. The predicted molar refractivity (Wildman–Crippen MR) is 59.9 cm³/mol. The van der Waals surface area contributed by atoms with E-state index >= 15 is 0 Å². The molecule has 0 bridgehead atoms. The molecule has 0 spiro atoms. The van der Waals surface area contributed by atoms with Crippen molar-refractivity contribution in [3.05, 3.63) is 48.0 Å². The van der Waals surface area contributed by atoms with Crippen molar-refractivity contribution in [1.29, 1.82) is 0 Å². The molecule has 0 saturated carbocycles. The van der Waals surface area contributed by atoms with Gasteiger partial charge >= 0.3 is 5.97 Å². The largest absolute Gasteiger partial charge is 0.481 e. The van der Waals surface area contributed by atoms with E-state index in [2.05, 4.69) is 0 Å². The number of carbonyl (C=O) groups is 1. The van der Waals surface area contributed by atoms with Crippen LogP contribution in [0.2, 0.25) is 0 Å². The van der Waals surface area contributed by atoms with Gasteiger partial charge in [0.15, 0.2) is 0 Å². The number of fused-ring (bicyclic) bond motifs is 1. The topological polar surface area (TPSA) is 37.3 Å². The Morgan fingerprint density at radius 1 is 1.07 bits per heavy atom. The molecule has 0 amide bonds. The van der Waals surface area contributed by atoms with Crippen LogP contribution in [-0.4, -0.2) is 11.1 Å². The molecule has 15 heavy (non-hydrogen) atoms. The van der Waals surface area contributed by atoms with Gasteiger partial charge in [0.2, 0.25) is 0 Å². The van der Waals surface area contributed by atoms with Crippen molar-refractivity contribution in [1.82, 2.24) is 0 Å². The van der Waals surface area contributed by atoms with Gasteiger partial charge in [0.05, 0.1) is 0 Å². The van der Waals surface area contributed by atoms with Gasteiger partial charge < -0.3 is 5.11 Å². The molecule has 0 heterocycles. The molecular formula is C13H12O2. The second kappa shape index (κ2) is 4.13. The molecule has 0 aliphatic heterocycles. The average molecular weight is 200 g/mol. The minimum atomic E-state index is -0.747. The maximum absolute atomic E-state index is 10.5. The van der Waals surface area contributed by atoms with Crippen molar-refractivity contribution in [3.63, 3.8) is 0 Å². The van der Waals surface area contributed by atoms with Gasteiger partial charge in [-0.15, -0.1) is 0 Å². The van der Waals surface area contributed by atoms with E-state index in [1.54, 1.807) is 0 Å². The van der Waals surface area contributed by atoms with E-state index in [1.807, 2.05) is 42.5 Å². The Hall–Kier alpha value is -1.83. The molecule has 1 N–H and O–H groups in total. The normalized spacial score (nSPS) is 10.4. The lowest BCUT2D eigenvalue weighted by Gasteiger charge is -2.04. The SMILES string of the molecule is O=C(O)CCc1cccc2ccccc12. The fourth-order valence-corrected chi connectivity index (χ4v) is 1.75. The fourth-order valence-electron chi connectivity index (χ4n) is 1.75. The van der Waals surface area contributed by atoms with E-state index in [0.29, 0.717) is 6.42 Å². The zero-order valence-corrected chi connectivity index (χ0v) is 8.31. The van der Waals surface area contributed by atoms with Crippen LogP contribution >= 0.6 is 0 Å². The first kappa shape index (κ1) is 9.71. The monoisotopic (exact) mass is 200 g/mol. The van der Waals surface area contributed by atoms with Gasteiger partial charge in [0.1, 0.15) is 0 Å². The maximum atomic E-state index is 10.5. The van der Waals surface area contributed by atoms with Crippen molar-refractivity contribution in [2.45, 2.75) is 12.8 Å². The number of carboxylic acids is 1. The number of hydrogen-bond acceptors (Lipinski definition) is 1. The predicted octanol–water partition coefficient (Wildman–Crippen LogP) is 2.86. The van der Waals surface area contributed by atoms with Crippen LogP contribution in [0, 0.1) is 0 Å². The number of carboxylic acid groups (broad SMARTS) is 1. The molecule has 0 radical (unpaired) electrons. The molecule has 76 valence electrons. The summed E-state index contributed by atoms with van der Waals surface area (Å²) in [4.78, 5) is 10.5. The molecule has 2 aromatic carbocycles. The third-order valence-corrected chi connectivity index (χ3v) is 2.49. The van der Waals surface area contributed by atoms with Crippen LogP contribution in [0.1, 0.15) is 12.0 Å². The fraction of sp³-hybridized carbons (Fsp3) is 0.154. The number of benzene rings is 2. The van der Waals surface area contributed by atoms with Gasteiger partial charge in [-0.2, -0.15) is 0 Å². The van der Waals surface area contributed by atoms with Crippen LogP contribution in [0.15, 0.2) is 42.5 Å². The molecule has 2 aromatic rings. The van der Waals surface area contributed by atoms with Gasteiger partial charge in [0.25, 0.3) is 0 Å². The lowest BCUT2D eigenvalue weighted by atomic mass is 10.0. The molecule has 0 aromatic heterocycles. The molecule has 0 atom stereocenters. The minimum Gasteiger partial charge on any atom is -0.481 e. The first-order valence-corrected chi connectivity index (χ1v) is 4.96. The lowest BCUT2D eigenvalue weighted by Crippen LogP contribution is -1.97. The van der Waals surface area contributed by atoms with Gasteiger partial charge in [-0.05, 0) is 22.8 Å². The van der Waals surface area contributed by atoms with Crippen LogP contribution in [0.5, 0.6) is 0 Å². The van der Waals surface area contributed by atoms with E-state index in [9.17, 15) is 4.79 Å². The first-order valence-electron chi connectivity index (χ1n) is 4.96. The van der Waals surface area contributed by atoms with E-state index < -0.39 is 5.97 Å². The van der Waals surface area contributed by atoms with Gasteiger partial charge in [-0.25, -0.2) is 0 Å². The van der Waals surface area contributed by atoms with Crippen molar-refractivity contribution in [3.8, 4) is 0 Å². The third kappa shape index (κ3) is 2.15. The van der Waals surface area contributed by atoms with Gasteiger partial charge in [-0.3, -0.25) is 4.79 Å². The lowest BCUT2D eigenvalue weighted by molar-refractivity contribution is -0.136. The van der Waals surface area contributed by atoms with E-state index in [0.717, 1.165) is 10.9 Å². The maximum Gasteiger partial charge on any atom is 0.303 e. The summed E-state index contributed by atoms with van der Waals surface area (Å²) in [5.74, 6) is -0.747. The Labute approximate surface area is 88.2 Å². The molecular weight excluding hydrogens is 188 g/mol. The zero-order valence-electron chi connectivity index (χ0n) is 8.31. The molecule has 2 rings (SSSR count). The molecule has 0 unspecified atom stereocenters. The summed E-state index contributed by atoms with van der Waals surface area (Å²) in [5, 5.41) is 11.0. The Kier molecular flexibility index (Phi) is 2.68. The molecule has 2 nitrogen and oxygen atoms in total.